The standard InChI is InChI=1S/C9H17N/c1-5-9(4)6-7-10-8(2)3/h6,10H,2,5,7H2,1,3-4H3/b9-6+. The highest BCUT2D eigenvalue weighted by molar-refractivity contribution is 5.00. The van der Waals surface area contributed by atoms with Crippen molar-refractivity contribution in [2.45, 2.75) is 27.2 Å². The Kier molecular flexibility index (Phi) is 4.73. The van der Waals surface area contributed by atoms with Crippen LogP contribution in [0.15, 0.2) is 23.9 Å². The summed E-state index contributed by atoms with van der Waals surface area (Å²) in [7, 11) is 0. The van der Waals surface area contributed by atoms with Crippen LogP contribution in [0, 0.1) is 0 Å². The average molecular weight is 139 g/mol. The van der Waals surface area contributed by atoms with Gasteiger partial charge in [-0.15, -0.1) is 0 Å². The van der Waals surface area contributed by atoms with E-state index in [1.165, 1.54) is 5.57 Å². The smallest absolute Gasteiger partial charge is 0.0330 e. The van der Waals surface area contributed by atoms with Crippen LogP contribution in [-0.4, -0.2) is 6.54 Å². The topological polar surface area (TPSA) is 12.0 Å². The van der Waals surface area contributed by atoms with Gasteiger partial charge >= 0.3 is 0 Å². The van der Waals surface area contributed by atoms with Crippen molar-refractivity contribution in [1.29, 1.82) is 0 Å². The maximum atomic E-state index is 3.74. The molecule has 0 rings (SSSR count). The predicted molar refractivity (Wildman–Crippen MR) is 46.9 cm³/mol. The van der Waals surface area contributed by atoms with Gasteiger partial charge in [-0.3, -0.25) is 0 Å². The van der Waals surface area contributed by atoms with Crippen LogP contribution in [0.5, 0.6) is 0 Å². The van der Waals surface area contributed by atoms with Crippen LogP contribution >= 0.6 is 0 Å². The molecule has 0 amide bonds. The Balaban J connectivity index is 3.43. The van der Waals surface area contributed by atoms with Gasteiger partial charge in [0.15, 0.2) is 0 Å². The summed E-state index contributed by atoms with van der Waals surface area (Å²) < 4.78 is 0. The molecule has 0 unspecified atom stereocenters. The lowest BCUT2D eigenvalue weighted by Gasteiger charge is -2.00. The molecule has 0 saturated heterocycles. The van der Waals surface area contributed by atoms with Crippen molar-refractivity contribution in [1.82, 2.24) is 5.32 Å². The van der Waals surface area contributed by atoms with Gasteiger partial charge in [-0.2, -0.15) is 0 Å². The highest BCUT2D eigenvalue weighted by Crippen LogP contribution is 1.95. The summed E-state index contributed by atoms with van der Waals surface area (Å²) in [5.74, 6) is 0. The maximum absolute atomic E-state index is 3.74. The zero-order valence-corrected chi connectivity index (χ0v) is 7.20. The Bertz CT molecular complexity index is 134. The SMILES string of the molecule is C=C(C)NC/C=C(\C)CC. The summed E-state index contributed by atoms with van der Waals surface area (Å²) in [6, 6.07) is 0. The fourth-order valence-corrected chi connectivity index (χ4v) is 0.544. The molecule has 0 aromatic rings. The van der Waals surface area contributed by atoms with Crippen LogP contribution in [0.25, 0.3) is 0 Å². The van der Waals surface area contributed by atoms with E-state index in [9.17, 15) is 0 Å². The van der Waals surface area contributed by atoms with Crippen molar-refractivity contribution < 1.29 is 0 Å². The molecule has 58 valence electrons. The van der Waals surface area contributed by atoms with Crippen LogP contribution in [-0.2, 0) is 0 Å². The second-order valence-electron chi connectivity index (χ2n) is 2.57. The molecule has 0 aliphatic carbocycles. The minimum Gasteiger partial charge on any atom is -0.386 e. The summed E-state index contributed by atoms with van der Waals surface area (Å²) >= 11 is 0. The van der Waals surface area contributed by atoms with E-state index < -0.39 is 0 Å². The van der Waals surface area contributed by atoms with E-state index in [1.54, 1.807) is 0 Å². The highest BCUT2D eigenvalue weighted by Gasteiger charge is 1.82. The minimum atomic E-state index is 0.912. The molecule has 0 aliphatic heterocycles. The highest BCUT2D eigenvalue weighted by atomic mass is 14.8. The fraction of sp³-hybridized carbons (Fsp3) is 0.556. The Labute approximate surface area is 63.8 Å². The lowest BCUT2D eigenvalue weighted by atomic mass is 10.2. The van der Waals surface area contributed by atoms with E-state index in [0.29, 0.717) is 0 Å². The van der Waals surface area contributed by atoms with Gasteiger partial charge in [0.1, 0.15) is 0 Å². The second-order valence-corrected chi connectivity index (χ2v) is 2.57. The van der Waals surface area contributed by atoms with E-state index in [1.807, 2.05) is 6.92 Å². The van der Waals surface area contributed by atoms with Crippen molar-refractivity contribution in [3.05, 3.63) is 23.9 Å². The van der Waals surface area contributed by atoms with Crippen molar-refractivity contribution in [3.63, 3.8) is 0 Å². The number of rotatable bonds is 4. The summed E-state index contributed by atoms with van der Waals surface area (Å²) in [5, 5.41) is 3.14. The zero-order chi connectivity index (χ0) is 7.98. The molecule has 1 heteroatoms. The van der Waals surface area contributed by atoms with Crippen molar-refractivity contribution in [3.8, 4) is 0 Å². The van der Waals surface area contributed by atoms with E-state index in [-0.39, 0.29) is 0 Å². The molecular formula is C9H17N. The number of hydrogen-bond acceptors (Lipinski definition) is 1. The summed E-state index contributed by atoms with van der Waals surface area (Å²) in [6.07, 6.45) is 3.33. The van der Waals surface area contributed by atoms with Gasteiger partial charge in [0.05, 0.1) is 0 Å². The molecule has 0 fully saturated rings. The van der Waals surface area contributed by atoms with Crippen LogP contribution in [0.3, 0.4) is 0 Å². The van der Waals surface area contributed by atoms with E-state index in [0.717, 1.165) is 18.7 Å². The molecule has 0 radical (unpaired) electrons. The van der Waals surface area contributed by atoms with E-state index in [4.69, 9.17) is 0 Å². The third-order valence-corrected chi connectivity index (χ3v) is 1.41. The maximum Gasteiger partial charge on any atom is 0.0330 e. The van der Waals surface area contributed by atoms with Crippen molar-refractivity contribution >= 4 is 0 Å². The third kappa shape index (κ3) is 5.42. The minimum absolute atomic E-state index is 0.912. The van der Waals surface area contributed by atoms with Gasteiger partial charge in [0.2, 0.25) is 0 Å². The van der Waals surface area contributed by atoms with Crippen molar-refractivity contribution in [2.24, 2.45) is 0 Å². The van der Waals surface area contributed by atoms with Crippen molar-refractivity contribution in [2.75, 3.05) is 6.54 Å². The molecular weight excluding hydrogens is 122 g/mol. The first kappa shape index (κ1) is 9.28. The molecule has 0 atom stereocenters. The van der Waals surface area contributed by atoms with Gasteiger partial charge in [-0.05, 0) is 20.3 Å². The second kappa shape index (κ2) is 5.10. The first-order valence-electron chi connectivity index (χ1n) is 3.71. The lowest BCUT2D eigenvalue weighted by molar-refractivity contribution is 0.897. The molecule has 0 saturated carbocycles. The quantitative estimate of drug-likeness (QED) is 0.590. The van der Waals surface area contributed by atoms with Crippen LogP contribution in [0.2, 0.25) is 0 Å². The molecule has 0 aromatic heterocycles. The van der Waals surface area contributed by atoms with Gasteiger partial charge in [0.25, 0.3) is 0 Å². The van der Waals surface area contributed by atoms with Gasteiger partial charge in [0, 0.05) is 12.2 Å². The molecule has 0 spiro atoms. The Morgan fingerprint density at radius 1 is 1.50 bits per heavy atom. The fourth-order valence-electron chi connectivity index (χ4n) is 0.544. The summed E-state index contributed by atoms with van der Waals surface area (Å²) in [5.41, 5.74) is 2.45. The Hall–Kier alpha value is -0.720. The first-order valence-corrected chi connectivity index (χ1v) is 3.71. The van der Waals surface area contributed by atoms with Gasteiger partial charge < -0.3 is 5.32 Å². The predicted octanol–water partition coefficient (Wildman–Crippen LogP) is 2.47. The zero-order valence-electron chi connectivity index (χ0n) is 7.20. The van der Waals surface area contributed by atoms with E-state index in [2.05, 4.69) is 31.8 Å². The molecule has 10 heavy (non-hydrogen) atoms. The first-order chi connectivity index (χ1) is 4.66. The van der Waals surface area contributed by atoms with Crippen LogP contribution in [0.4, 0.5) is 0 Å². The van der Waals surface area contributed by atoms with Crippen LogP contribution < -0.4 is 5.32 Å². The molecule has 0 heterocycles. The average Bonchev–Trinajstić information content (AvgIpc) is 1.87. The number of allylic oxidation sites excluding steroid dienone is 2. The molecule has 0 aromatic carbocycles. The Morgan fingerprint density at radius 2 is 2.10 bits per heavy atom. The molecule has 1 nitrogen and oxygen atoms in total. The largest absolute Gasteiger partial charge is 0.386 e. The third-order valence-electron chi connectivity index (χ3n) is 1.41. The number of nitrogens with one attached hydrogen (secondary N) is 1. The molecule has 0 aliphatic rings. The van der Waals surface area contributed by atoms with Crippen LogP contribution in [0.1, 0.15) is 27.2 Å². The van der Waals surface area contributed by atoms with Gasteiger partial charge in [-0.25, -0.2) is 0 Å². The normalized spacial score (nSPS) is 11.3. The van der Waals surface area contributed by atoms with Gasteiger partial charge in [-0.1, -0.05) is 25.2 Å². The molecule has 0 bridgehead atoms. The summed E-state index contributed by atoms with van der Waals surface area (Å²) in [6.45, 7) is 10.9. The van der Waals surface area contributed by atoms with E-state index >= 15 is 0 Å². The number of hydrogen-bond donors (Lipinski definition) is 1. The molecule has 1 N–H and O–H groups in total. The Morgan fingerprint density at radius 3 is 2.50 bits per heavy atom. The summed E-state index contributed by atoms with van der Waals surface area (Å²) in [4.78, 5) is 0. The lowest BCUT2D eigenvalue weighted by Crippen LogP contribution is -2.09. The monoisotopic (exact) mass is 139 g/mol.